The largest absolute Gasteiger partial charge is 0.493 e. The van der Waals surface area contributed by atoms with Crippen LogP contribution in [0, 0.1) is 0 Å². The zero-order valence-electron chi connectivity index (χ0n) is 17.2. The standard InChI is InChI=1S/C22H19ClN2O7/c1-3-12-4-6-14(7-5-12)25-21(29)15(20(28)24-22(25)30)8-13-9-16(23)19(17(10-13)31-2)32-11-18(26)27/h4-10H,3,11H2,1-2H3,(H,26,27)(H,24,28,30)/b15-8+. The zero-order chi connectivity index (χ0) is 23.4. The SMILES string of the molecule is CCc1ccc(N2C(=O)NC(=O)/C(=C\c3cc(Cl)c(OCC(=O)O)c(OC)c3)C2=O)cc1. The fourth-order valence-electron chi connectivity index (χ4n) is 3.04. The molecule has 0 atom stereocenters. The molecule has 0 spiro atoms. The van der Waals surface area contributed by atoms with Crippen molar-refractivity contribution < 1.29 is 33.8 Å². The van der Waals surface area contributed by atoms with Crippen LogP contribution in [0.1, 0.15) is 18.1 Å². The summed E-state index contributed by atoms with van der Waals surface area (Å²) < 4.78 is 10.3. The average Bonchev–Trinajstić information content (AvgIpc) is 2.75. The number of nitrogens with one attached hydrogen (secondary N) is 1. The first kappa shape index (κ1) is 22.8. The summed E-state index contributed by atoms with van der Waals surface area (Å²) >= 11 is 6.19. The molecule has 0 aromatic heterocycles. The van der Waals surface area contributed by atoms with Crippen LogP contribution in [0.2, 0.25) is 5.02 Å². The van der Waals surface area contributed by atoms with Crippen molar-refractivity contribution in [2.24, 2.45) is 0 Å². The number of methoxy groups -OCH3 is 1. The number of ether oxygens (including phenoxy) is 2. The van der Waals surface area contributed by atoms with Crippen LogP contribution < -0.4 is 19.7 Å². The van der Waals surface area contributed by atoms with Crippen LogP contribution >= 0.6 is 11.6 Å². The Bertz CT molecular complexity index is 1130. The Labute approximate surface area is 188 Å². The molecule has 0 bridgehead atoms. The lowest BCUT2D eigenvalue weighted by molar-refractivity contribution is -0.139. The summed E-state index contributed by atoms with van der Waals surface area (Å²) in [6.07, 6.45) is 2.05. The molecule has 1 heterocycles. The average molecular weight is 459 g/mol. The molecule has 1 saturated heterocycles. The van der Waals surface area contributed by atoms with Crippen LogP contribution in [0.25, 0.3) is 6.08 Å². The van der Waals surface area contributed by atoms with Crippen LogP contribution in [0.15, 0.2) is 42.0 Å². The number of rotatable bonds is 7. The first-order valence-electron chi connectivity index (χ1n) is 9.47. The molecule has 0 saturated carbocycles. The number of benzene rings is 2. The second-order valence-corrected chi connectivity index (χ2v) is 7.10. The highest BCUT2D eigenvalue weighted by Crippen LogP contribution is 2.37. The second kappa shape index (κ2) is 9.52. The number of halogens is 1. The summed E-state index contributed by atoms with van der Waals surface area (Å²) in [5.74, 6) is -2.74. The topological polar surface area (TPSA) is 122 Å². The maximum atomic E-state index is 13.0. The highest BCUT2D eigenvalue weighted by molar-refractivity contribution is 6.39. The number of anilines is 1. The molecule has 0 aliphatic carbocycles. The van der Waals surface area contributed by atoms with Crippen molar-refractivity contribution in [3.63, 3.8) is 0 Å². The van der Waals surface area contributed by atoms with Gasteiger partial charge in [0.15, 0.2) is 18.1 Å². The number of urea groups is 1. The first-order chi connectivity index (χ1) is 15.2. The van der Waals surface area contributed by atoms with E-state index in [1.807, 2.05) is 6.92 Å². The number of imide groups is 2. The van der Waals surface area contributed by atoms with Gasteiger partial charge >= 0.3 is 12.0 Å². The summed E-state index contributed by atoms with van der Waals surface area (Å²) in [4.78, 5) is 49.4. The minimum Gasteiger partial charge on any atom is -0.493 e. The molecule has 166 valence electrons. The van der Waals surface area contributed by atoms with Crippen LogP contribution in [-0.2, 0) is 20.8 Å². The van der Waals surface area contributed by atoms with Crippen molar-refractivity contribution in [3.05, 3.63) is 58.1 Å². The second-order valence-electron chi connectivity index (χ2n) is 6.69. The number of aryl methyl sites for hydroxylation is 1. The lowest BCUT2D eigenvalue weighted by Crippen LogP contribution is -2.54. The molecule has 2 aromatic carbocycles. The van der Waals surface area contributed by atoms with E-state index in [0.717, 1.165) is 16.9 Å². The van der Waals surface area contributed by atoms with Gasteiger partial charge < -0.3 is 14.6 Å². The lowest BCUT2D eigenvalue weighted by atomic mass is 10.1. The molecule has 0 unspecified atom stereocenters. The highest BCUT2D eigenvalue weighted by atomic mass is 35.5. The summed E-state index contributed by atoms with van der Waals surface area (Å²) in [7, 11) is 1.33. The van der Waals surface area contributed by atoms with E-state index in [-0.39, 0.29) is 22.1 Å². The van der Waals surface area contributed by atoms with Crippen molar-refractivity contribution in [2.45, 2.75) is 13.3 Å². The number of nitrogens with zero attached hydrogens (tertiary/aromatic N) is 1. The van der Waals surface area contributed by atoms with Gasteiger partial charge in [-0.2, -0.15) is 0 Å². The highest BCUT2D eigenvalue weighted by Gasteiger charge is 2.36. The molecule has 3 rings (SSSR count). The van der Waals surface area contributed by atoms with Crippen molar-refractivity contribution in [3.8, 4) is 11.5 Å². The maximum Gasteiger partial charge on any atom is 0.341 e. The summed E-state index contributed by atoms with van der Waals surface area (Å²) in [6.45, 7) is 1.34. The molecule has 9 nitrogen and oxygen atoms in total. The number of hydrogen-bond acceptors (Lipinski definition) is 6. The Balaban J connectivity index is 1.98. The fraction of sp³-hybridized carbons (Fsp3) is 0.182. The van der Waals surface area contributed by atoms with Crippen molar-refractivity contribution >= 4 is 47.2 Å². The molecule has 0 radical (unpaired) electrons. The molecule has 1 fully saturated rings. The van der Waals surface area contributed by atoms with Gasteiger partial charge in [0.05, 0.1) is 17.8 Å². The monoisotopic (exact) mass is 458 g/mol. The van der Waals surface area contributed by atoms with Gasteiger partial charge in [-0.25, -0.2) is 14.5 Å². The number of carboxylic acid groups (broad SMARTS) is 1. The molecular weight excluding hydrogens is 440 g/mol. The Hall–Kier alpha value is -3.85. The van der Waals surface area contributed by atoms with Crippen LogP contribution in [0.5, 0.6) is 11.5 Å². The maximum absolute atomic E-state index is 13.0. The predicted molar refractivity (Wildman–Crippen MR) is 116 cm³/mol. The van der Waals surface area contributed by atoms with Gasteiger partial charge in [0, 0.05) is 0 Å². The smallest absolute Gasteiger partial charge is 0.341 e. The molecule has 2 N–H and O–H groups in total. The van der Waals surface area contributed by atoms with Gasteiger partial charge in [-0.3, -0.25) is 14.9 Å². The Kier molecular flexibility index (Phi) is 6.79. The molecule has 1 aliphatic rings. The molecule has 2 aromatic rings. The van der Waals surface area contributed by atoms with E-state index in [4.69, 9.17) is 26.2 Å². The summed E-state index contributed by atoms with van der Waals surface area (Å²) in [6, 6.07) is 8.77. The van der Waals surface area contributed by atoms with E-state index < -0.39 is 30.4 Å². The first-order valence-corrected chi connectivity index (χ1v) is 9.85. The van der Waals surface area contributed by atoms with E-state index in [0.29, 0.717) is 11.3 Å². The number of amides is 4. The van der Waals surface area contributed by atoms with Gasteiger partial charge in [-0.05, 0) is 47.9 Å². The number of carbonyl (C=O) groups is 4. The third-order valence-corrected chi connectivity index (χ3v) is 4.89. The Morgan fingerprint density at radius 2 is 1.88 bits per heavy atom. The molecule has 10 heteroatoms. The van der Waals surface area contributed by atoms with E-state index in [1.165, 1.54) is 25.3 Å². The molecule has 1 aliphatic heterocycles. The molecule has 4 amide bonds. The minimum atomic E-state index is -1.20. The Morgan fingerprint density at radius 1 is 1.19 bits per heavy atom. The van der Waals surface area contributed by atoms with Gasteiger partial charge in [-0.15, -0.1) is 0 Å². The van der Waals surface area contributed by atoms with Gasteiger partial charge in [-0.1, -0.05) is 30.7 Å². The van der Waals surface area contributed by atoms with Crippen molar-refractivity contribution in [1.82, 2.24) is 5.32 Å². The van der Waals surface area contributed by atoms with E-state index in [9.17, 15) is 19.2 Å². The Morgan fingerprint density at radius 3 is 2.47 bits per heavy atom. The quantitative estimate of drug-likeness (QED) is 0.483. The van der Waals surface area contributed by atoms with E-state index in [1.54, 1.807) is 24.3 Å². The van der Waals surface area contributed by atoms with Crippen molar-refractivity contribution in [1.29, 1.82) is 0 Å². The third-order valence-electron chi connectivity index (χ3n) is 4.61. The van der Waals surface area contributed by atoms with Gasteiger partial charge in [0.1, 0.15) is 5.57 Å². The van der Waals surface area contributed by atoms with Crippen LogP contribution in [0.3, 0.4) is 0 Å². The minimum absolute atomic E-state index is 0.00552. The number of barbiturate groups is 1. The predicted octanol–water partition coefficient (Wildman–Crippen LogP) is 3.04. The summed E-state index contributed by atoms with van der Waals surface area (Å²) in [5.41, 5.74) is 1.36. The number of carbonyl (C=O) groups excluding carboxylic acids is 3. The van der Waals surface area contributed by atoms with Crippen LogP contribution in [-0.4, -0.2) is 42.6 Å². The number of hydrogen-bond donors (Lipinski definition) is 2. The van der Waals surface area contributed by atoms with E-state index in [2.05, 4.69) is 5.32 Å². The normalized spacial score (nSPS) is 15.0. The number of carboxylic acids is 1. The fourth-order valence-corrected chi connectivity index (χ4v) is 3.31. The van der Waals surface area contributed by atoms with Gasteiger partial charge in [0.2, 0.25) is 0 Å². The van der Waals surface area contributed by atoms with Crippen molar-refractivity contribution in [2.75, 3.05) is 18.6 Å². The summed E-state index contributed by atoms with van der Waals surface area (Å²) in [5, 5.41) is 11.0. The number of aliphatic carboxylic acids is 1. The van der Waals surface area contributed by atoms with E-state index >= 15 is 0 Å². The lowest BCUT2D eigenvalue weighted by Gasteiger charge is -2.26. The van der Waals surface area contributed by atoms with Crippen LogP contribution in [0.4, 0.5) is 10.5 Å². The van der Waals surface area contributed by atoms with Gasteiger partial charge in [0.25, 0.3) is 11.8 Å². The third kappa shape index (κ3) is 4.73. The molecule has 32 heavy (non-hydrogen) atoms. The molecular formula is C22H19ClN2O7. The zero-order valence-corrected chi connectivity index (χ0v) is 17.9.